The Bertz CT molecular complexity index is 380. The van der Waals surface area contributed by atoms with Crippen LogP contribution in [0.2, 0.25) is 5.02 Å². The van der Waals surface area contributed by atoms with Crippen molar-refractivity contribution in [2.45, 2.75) is 31.7 Å². The fraction of sp³-hybridized carbons (Fsp3) is 0.500. The molecule has 0 aliphatic heterocycles. The maximum absolute atomic E-state index is 13.6. The van der Waals surface area contributed by atoms with E-state index in [1.807, 2.05) is 0 Å². The molecule has 1 aliphatic rings. The van der Waals surface area contributed by atoms with E-state index in [9.17, 15) is 4.39 Å². The van der Waals surface area contributed by atoms with Gasteiger partial charge in [-0.2, -0.15) is 0 Å². The first-order valence-corrected chi connectivity index (χ1v) is 5.66. The molecule has 0 radical (unpaired) electrons. The largest absolute Gasteiger partial charge is 0.325 e. The molecule has 2 unspecified atom stereocenters. The molecule has 1 saturated carbocycles. The zero-order chi connectivity index (χ0) is 11.1. The first kappa shape index (κ1) is 10.9. The topological polar surface area (TPSA) is 26.0 Å². The van der Waals surface area contributed by atoms with Gasteiger partial charge in [-0.3, -0.25) is 0 Å². The number of nitrogens with two attached hydrogens (primary N) is 1. The van der Waals surface area contributed by atoms with Gasteiger partial charge in [0.2, 0.25) is 0 Å². The maximum atomic E-state index is 13.6. The van der Waals surface area contributed by atoms with Gasteiger partial charge in [0.05, 0.1) is 5.02 Å². The van der Waals surface area contributed by atoms with Crippen molar-refractivity contribution < 1.29 is 4.39 Å². The highest BCUT2D eigenvalue weighted by Crippen LogP contribution is 2.46. The van der Waals surface area contributed by atoms with Gasteiger partial charge in [0.15, 0.2) is 0 Å². The van der Waals surface area contributed by atoms with Crippen LogP contribution in [0.15, 0.2) is 18.2 Å². The third-order valence-corrected chi connectivity index (χ3v) is 3.62. The summed E-state index contributed by atoms with van der Waals surface area (Å²) in [6, 6.07) is 5.10. The second-order valence-corrected chi connectivity index (χ2v) is 4.84. The van der Waals surface area contributed by atoms with Gasteiger partial charge in [-0.25, -0.2) is 4.39 Å². The fourth-order valence-electron chi connectivity index (χ4n) is 2.21. The van der Waals surface area contributed by atoms with Crippen molar-refractivity contribution in [1.29, 1.82) is 0 Å². The smallest absolute Gasteiger partial charge is 0.145 e. The predicted molar refractivity (Wildman–Crippen MR) is 60.4 cm³/mol. The van der Waals surface area contributed by atoms with E-state index >= 15 is 0 Å². The molecule has 1 fully saturated rings. The van der Waals surface area contributed by atoms with Gasteiger partial charge in [0, 0.05) is 5.54 Å². The number of rotatable bonds is 3. The van der Waals surface area contributed by atoms with Crippen LogP contribution in [0, 0.1) is 11.7 Å². The van der Waals surface area contributed by atoms with Crippen LogP contribution in [-0.4, -0.2) is 5.54 Å². The van der Waals surface area contributed by atoms with E-state index in [-0.39, 0.29) is 16.4 Å². The van der Waals surface area contributed by atoms with Crippen molar-refractivity contribution in [1.82, 2.24) is 0 Å². The van der Waals surface area contributed by atoms with Crippen LogP contribution in [0.25, 0.3) is 0 Å². The molecule has 1 aromatic rings. The Balaban J connectivity index is 2.16. The SMILES string of the molecule is CCC1CC1(N)Cc1cccc(Cl)c1F. The highest BCUT2D eigenvalue weighted by atomic mass is 35.5. The van der Waals surface area contributed by atoms with Gasteiger partial charge in [-0.05, 0) is 30.4 Å². The third kappa shape index (κ3) is 2.01. The van der Waals surface area contributed by atoms with Crippen molar-refractivity contribution in [3.8, 4) is 0 Å². The van der Waals surface area contributed by atoms with Crippen molar-refractivity contribution >= 4 is 11.6 Å². The predicted octanol–water partition coefficient (Wildman–Crippen LogP) is 3.15. The monoisotopic (exact) mass is 227 g/mol. The molecule has 0 aromatic heterocycles. The Labute approximate surface area is 94.4 Å². The lowest BCUT2D eigenvalue weighted by Gasteiger charge is -2.12. The van der Waals surface area contributed by atoms with Crippen LogP contribution in [0.3, 0.4) is 0 Å². The van der Waals surface area contributed by atoms with Crippen molar-refractivity contribution in [2.75, 3.05) is 0 Å². The molecule has 0 heterocycles. The molecule has 0 bridgehead atoms. The molecule has 2 atom stereocenters. The summed E-state index contributed by atoms with van der Waals surface area (Å²) in [6.07, 6.45) is 2.66. The van der Waals surface area contributed by atoms with Crippen LogP contribution in [0.5, 0.6) is 0 Å². The van der Waals surface area contributed by atoms with E-state index in [0.717, 1.165) is 12.8 Å². The highest BCUT2D eigenvalue weighted by Gasteiger charge is 2.49. The lowest BCUT2D eigenvalue weighted by atomic mass is 10.0. The molecular formula is C12H15ClFN. The van der Waals surface area contributed by atoms with Gasteiger partial charge in [-0.1, -0.05) is 37.1 Å². The second-order valence-electron chi connectivity index (χ2n) is 4.43. The summed E-state index contributed by atoms with van der Waals surface area (Å²) in [6.45, 7) is 2.12. The Morgan fingerprint density at radius 3 is 2.93 bits per heavy atom. The van der Waals surface area contributed by atoms with E-state index in [1.165, 1.54) is 0 Å². The molecule has 0 amide bonds. The first-order valence-electron chi connectivity index (χ1n) is 5.28. The highest BCUT2D eigenvalue weighted by molar-refractivity contribution is 6.30. The fourth-order valence-corrected chi connectivity index (χ4v) is 2.40. The van der Waals surface area contributed by atoms with Crippen molar-refractivity contribution in [2.24, 2.45) is 11.7 Å². The van der Waals surface area contributed by atoms with E-state index in [0.29, 0.717) is 17.9 Å². The van der Waals surface area contributed by atoms with Gasteiger partial charge < -0.3 is 5.73 Å². The lowest BCUT2D eigenvalue weighted by molar-refractivity contribution is 0.547. The van der Waals surface area contributed by atoms with Gasteiger partial charge >= 0.3 is 0 Å². The number of hydrogen-bond acceptors (Lipinski definition) is 1. The average molecular weight is 228 g/mol. The van der Waals surface area contributed by atoms with Gasteiger partial charge in [0.1, 0.15) is 5.82 Å². The van der Waals surface area contributed by atoms with Crippen LogP contribution < -0.4 is 5.73 Å². The van der Waals surface area contributed by atoms with E-state index < -0.39 is 0 Å². The Kier molecular flexibility index (Phi) is 2.73. The minimum absolute atomic E-state index is 0.185. The summed E-state index contributed by atoms with van der Waals surface area (Å²) in [4.78, 5) is 0. The standard InChI is InChI=1S/C12H15ClFN/c1-2-9-7-12(9,15)6-8-4-3-5-10(13)11(8)14/h3-5,9H,2,6-7,15H2,1H3. The molecule has 15 heavy (non-hydrogen) atoms. The zero-order valence-electron chi connectivity index (χ0n) is 8.76. The van der Waals surface area contributed by atoms with Crippen LogP contribution in [-0.2, 0) is 6.42 Å². The van der Waals surface area contributed by atoms with E-state index in [1.54, 1.807) is 18.2 Å². The normalized spacial score (nSPS) is 29.2. The number of hydrogen-bond donors (Lipinski definition) is 1. The molecule has 0 spiro atoms. The van der Waals surface area contributed by atoms with Crippen molar-refractivity contribution in [3.63, 3.8) is 0 Å². The van der Waals surface area contributed by atoms with Gasteiger partial charge in [0.25, 0.3) is 0 Å². The van der Waals surface area contributed by atoms with E-state index in [4.69, 9.17) is 17.3 Å². The molecule has 1 nitrogen and oxygen atoms in total. The minimum Gasteiger partial charge on any atom is -0.325 e. The van der Waals surface area contributed by atoms with Crippen LogP contribution in [0.1, 0.15) is 25.3 Å². The van der Waals surface area contributed by atoms with E-state index in [2.05, 4.69) is 6.92 Å². The second kappa shape index (κ2) is 3.76. The molecule has 82 valence electrons. The van der Waals surface area contributed by atoms with Crippen LogP contribution in [0.4, 0.5) is 4.39 Å². The Morgan fingerprint density at radius 1 is 1.60 bits per heavy atom. The molecule has 2 N–H and O–H groups in total. The molecular weight excluding hydrogens is 213 g/mol. The summed E-state index contributed by atoms with van der Waals surface area (Å²) in [5.41, 5.74) is 6.59. The summed E-state index contributed by atoms with van der Waals surface area (Å²) in [5.74, 6) is 0.224. The van der Waals surface area contributed by atoms with Crippen molar-refractivity contribution in [3.05, 3.63) is 34.6 Å². The number of halogens is 2. The quantitative estimate of drug-likeness (QED) is 0.844. The Morgan fingerprint density at radius 2 is 2.33 bits per heavy atom. The summed E-state index contributed by atoms with van der Waals surface area (Å²) in [5, 5.41) is 0.185. The summed E-state index contributed by atoms with van der Waals surface area (Å²) in [7, 11) is 0. The molecule has 1 aliphatic carbocycles. The zero-order valence-corrected chi connectivity index (χ0v) is 9.52. The first-order chi connectivity index (χ1) is 7.07. The molecule has 3 heteroatoms. The maximum Gasteiger partial charge on any atom is 0.145 e. The molecule has 2 rings (SSSR count). The third-order valence-electron chi connectivity index (χ3n) is 3.32. The van der Waals surface area contributed by atoms with Crippen LogP contribution >= 0.6 is 11.6 Å². The number of benzene rings is 1. The molecule has 0 saturated heterocycles. The Hall–Kier alpha value is -0.600. The minimum atomic E-state index is -0.314. The molecule has 1 aromatic carbocycles. The van der Waals surface area contributed by atoms with Gasteiger partial charge in [-0.15, -0.1) is 0 Å². The average Bonchev–Trinajstić information content (AvgIpc) is 2.85. The lowest BCUT2D eigenvalue weighted by Crippen LogP contribution is -2.28. The summed E-state index contributed by atoms with van der Waals surface area (Å²) >= 11 is 5.72. The summed E-state index contributed by atoms with van der Waals surface area (Å²) < 4.78 is 13.6.